The number of hydrogen-bond donors (Lipinski definition) is 2. The molecule has 4 nitrogen and oxygen atoms in total. The molecule has 1 saturated heterocycles. The van der Waals surface area contributed by atoms with Crippen LogP contribution in [0.25, 0.3) is 0 Å². The molecule has 19 heavy (non-hydrogen) atoms. The van der Waals surface area contributed by atoms with Crippen molar-refractivity contribution < 1.29 is 4.79 Å². The fourth-order valence-electron chi connectivity index (χ4n) is 2.97. The average molecular weight is 269 g/mol. The molecule has 0 aromatic carbocycles. The molecule has 1 amide bonds. The number of amides is 1. The Hall–Kier alpha value is -0.610. The maximum absolute atomic E-state index is 11.9. The summed E-state index contributed by atoms with van der Waals surface area (Å²) in [6.07, 6.45) is 7.52. The first-order valence-electron chi connectivity index (χ1n) is 7.84. The fraction of sp³-hybridized carbons (Fsp3) is 0.933. The van der Waals surface area contributed by atoms with Crippen LogP contribution in [0.2, 0.25) is 0 Å². The number of likely N-dealkylation sites (tertiary alicyclic amines) is 1. The Bertz CT molecular complexity index is 252. The van der Waals surface area contributed by atoms with Crippen molar-refractivity contribution in [2.45, 2.75) is 57.9 Å². The molecular weight excluding hydrogens is 238 g/mol. The van der Waals surface area contributed by atoms with E-state index in [0.29, 0.717) is 18.4 Å². The van der Waals surface area contributed by atoms with Crippen molar-refractivity contribution in [2.24, 2.45) is 11.7 Å². The van der Waals surface area contributed by atoms with Crippen molar-refractivity contribution in [2.75, 3.05) is 26.7 Å². The van der Waals surface area contributed by atoms with Gasteiger partial charge in [0.05, 0.1) is 0 Å². The van der Waals surface area contributed by atoms with Gasteiger partial charge < -0.3 is 16.0 Å². The minimum absolute atomic E-state index is 0.207. The molecule has 2 unspecified atom stereocenters. The monoisotopic (exact) mass is 269 g/mol. The highest BCUT2D eigenvalue weighted by atomic mass is 16.1. The number of nitrogens with one attached hydrogen (secondary N) is 1. The molecule has 0 bridgehead atoms. The molecule has 1 aliphatic rings. The zero-order valence-corrected chi connectivity index (χ0v) is 12.7. The van der Waals surface area contributed by atoms with Gasteiger partial charge in [0.2, 0.25) is 5.91 Å². The first-order chi connectivity index (χ1) is 9.17. The van der Waals surface area contributed by atoms with E-state index in [-0.39, 0.29) is 5.91 Å². The zero-order chi connectivity index (χ0) is 14.1. The fourth-order valence-corrected chi connectivity index (χ4v) is 2.97. The molecule has 1 rings (SSSR count). The van der Waals surface area contributed by atoms with E-state index in [1.165, 1.54) is 25.7 Å². The van der Waals surface area contributed by atoms with Gasteiger partial charge in [-0.15, -0.1) is 0 Å². The summed E-state index contributed by atoms with van der Waals surface area (Å²) in [5.41, 5.74) is 5.62. The lowest BCUT2D eigenvalue weighted by Crippen LogP contribution is -2.38. The summed E-state index contributed by atoms with van der Waals surface area (Å²) in [6, 6.07) is 0.541. The van der Waals surface area contributed by atoms with Gasteiger partial charge in [0, 0.05) is 19.0 Å². The van der Waals surface area contributed by atoms with Crippen LogP contribution in [0.3, 0.4) is 0 Å². The number of rotatable bonds is 9. The second-order valence-corrected chi connectivity index (χ2v) is 5.85. The average Bonchev–Trinajstić information content (AvgIpc) is 2.79. The van der Waals surface area contributed by atoms with Gasteiger partial charge in [-0.05, 0) is 51.7 Å². The molecule has 4 heteroatoms. The molecule has 0 radical (unpaired) electrons. The van der Waals surface area contributed by atoms with E-state index in [2.05, 4.69) is 24.2 Å². The normalized spacial score (nSPS) is 21.5. The molecular formula is C15H31N3O. The van der Waals surface area contributed by atoms with E-state index < -0.39 is 0 Å². The molecule has 1 fully saturated rings. The van der Waals surface area contributed by atoms with Crippen LogP contribution in [0.5, 0.6) is 0 Å². The Morgan fingerprint density at radius 3 is 2.79 bits per heavy atom. The summed E-state index contributed by atoms with van der Waals surface area (Å²) in [5, 5.41) is 3.08. The number of hydrogen-bond acceptors (Lipinski definition) is 3. The van der Waals surface area contributed by atoms with Gasteiger partial charge in [0.15, 0.2) is 0 Å². The van der Waals surface area contributed by atoms with Gasteiger partial charge in [0.25, 0.3) is 0 Å². The van der Waals surface area contributed by atoms with Crippen LogP contribution in [-0.2, 0) is 4.79 Å². The molecule has 3 N–H and O–H groups in total. The summed E-state index contributed by atoms with van der Waals surface area (Å²) < 4.78 is 0. The second kappa shape index (κ2) is 9.32. The summed E-state index contributed by atoms with van der Waals surface area (Å²) in [4.78, 5) is 14.2. The number of nitrogens with two attached hydrogens (primary N) is 1. The highest BCUT2D eigenvalue weighted by Gasteiger charge is 2.21. The van der Waals surface area contributed by atoms with Crippen LogP contribution in [0, 0.1) is 5.92 Å². The van der Waals surface area contributed by atoms with Crippen LogP contribution < -0.4 is 11.1 Å². The molecule has 2 atom stereocenters. The first-order valence-corrected chi connectivity index (χ1v) is 7.84. The SMILES string of the molecule is CCCC(CCN)CCC(=O)NCC1CCCN1C. The Kier molecular flexibility index (Phi) is 8.07. The number of nitrogens with zero attached hydrogens (tertiary/aromatic N) is 1. The van der Waals surface area contributed by atoms with Crippen molar-refractivity contribution >= 4 is 5.91 Å². The lowest BCUT2D eigenvalue weighted by atomic mass is 9.94. The van der Waals surface area contributed by atoms with Gasteiger partial charge in [0.1, 0.15) is 0 Å². The van der Waals surface area contributed by atoms with Gasteiger partial charge in [-0.3, -0.25) is 4.79 Å². The predicted octanol–water partition coefficient (Wildman–Crippen LogP) is 1.74. The molecule has 0 aromatic rings. The maximum Gasteiger partial charge on any atom is 0.220 e. The maximum atomic E-state index is 11.9. The van der Waals surface area contributed by atoms with Crippen molar-refractivity contribution in [3.8, 4) is 0 Å². The Morgan fingerprint density at radius 1 is 1.42 bits per heavy atom. The molecule has 112 valence electrons. The summed E-state index contributed by atoms with van der Waals surface area (Å²) in [6.45, 7) is 4.90. The standard InChI is InChI=1S/C15H31N3O/c1-3-5-13(9-10-16)7-8-15(19)17-12-14-6-4-11-18(14)2/h13-14H,3-12,16H2,1-2H3,(H,17,19). The van der Waals surface area contributed by atoms with E-state index in [1.54, 1.807) is 0 Å². The quantitative estimate of drug-likeness (QED) is 0.670. The Morgan fingerprint density at radius 2 is 2.21 bits per heavy atom. The minimum Gasteiger partial charge on any atom is -0.355 e. The highest BCUT2D eigenvalue weighted by Crippen LogP contribution is 2.17. The van der Waals surface area contributed by atoms with E-state index in [0.717, 1.165) is 32.5 Å². The topological polar surface area (TPSA) is 58.4 Å². The van der Waals surface area contributed by atoms with Crippen molar-refractivity contribution in [1.29, 1.82) is 0 Å². The molecule has 0 aromatic heterocycles. The van der Waals surface area contributed by atoms with E-state index >= 15 is 0 Å². The second-order valence-electron chi connectivity index (χ2n) is 5.85. The number of carbonyl (C=O) groups is 1. The summed E-state index contributed by atoms with van der Waals surface area (Å²) in [7, 11) is 2.14. The molecule has 1 heterocycles. The van der Waals surface area contributed by atoms with Crippen molar-refractivity contribution in [3.05, 3.63) is 0 Å². The largest absolute Gasteiger partial charge is 0.355 e. The van der Waals surface area contributed by atoms with Crippen LogP contribution in [0.1, 0.15) is 51.9 Å². The van der Waals surface area contributed by atoms with Gasteiger partial charge in [-0.1, -0.05) is 19.8 Å². The van der Waals surface area contributed by atoms with E-state index in [1.807, 2.05) is 0 Å². The Labute approximate surface area is 118 Å². The minimum atomic E-state index is 0.207. The van der Waals surface area contributed by atoms with Crippen LogP contribution in [0.15, 0.2) is 0 Å². The van der Waals surface area contributed by atoms with Gasteiger partial charge in [-0.25, -0.2) is 0 Å². The van der Waals surface area contributed by atoms with Crippen LogP contribution in [-0.4, -0.2) is 43.5 Å². The Balaban J connectivity index is 2.15. The van der Waals surface area contributed by atoms with E-state index in [4.69, 9.17) is 5.73 Å². The predicted molar refractivity (Wildman–Crippen MR) is 80.0 cm³/mol. The van der Waals surface area contributed by atoms with Crippen LogP contribution in [0.4, 0.5) is 0 Å². The molecule has 0 spiro atoms. The summed E-state index contributed by atoms with van der Waals surface area (Å²) in [5.74, 6) is 0.827. The van der Waals surface area contributed by atoms with Crippen LogP contribution >= 0.6 is 0 Å². The smallest absolute Gasteiger partial charge is 0.220 e. The first kappa shape index (κ1) is 16.4. The zero-order valence-electron chi connectivity index (χ0n) is 12.7. The van der Waals surface area contributed by atoms with E-state index in [9.17, 15) is 4.79 Å². The highest BCUT2D eigenvalue weighted by molar-refractivity contribution is 5.75. The number of carbonyl (C=O) groups excluding carboxylic acids is 1. The third-order valence-corrected chi connectivity index (χ3v) is 4.26. The summed E-state index contributed by atoms with van der Waals surface area (Å²) >= 11 is 0. The lowest BCUT2D eigenvalue weighted by Gasteiger charge is -2.20. The third kappa shape index (κ3) is 6.39. The molecule has 1 aliphatic heterocycles. The van der Waals surface area contributed by atoms with Crippen molar-refractivity contribution in [1.82, 2.24) is 10.2 Å². The lowest BCUT2D eigenvalue weighted by molar-refractivity contribution is -0.121. The number of likely N-dealkylation sites (N-methyl/N-ethyl adjacent to an activating group) is 1. The van der Waals surface area contributed by atoms with Gasteiger partial charge >= 0.3 is 0 Å². The van der Waals surface area contributed by atoms with Crippen molar-refractivity contribution in [3.63, 3.8) is 0 Å². The third-order valence-electron chi connectivity index (χ3n) is 4.26. The van der Waals surface area contributed by atoms with Gasteiger partial charge in [-0.2, -0.15) is 0 Å². The molecule has 0 aliphatic carbocycles. The molecule has 0 saturated carbocycles.